The number of esters is 1. The molecule has 0 aliphatic carbocycles. The lowest BCUT2D eigenvalue weighted by Crippen LogP contribution is -2.30. The van der Waals surface area contributed by atoms with E-state index in [1.165, 1.54) is 12.8 Å². The summed E-state index contributed by atoms with van der Waals surface area (Å²) in [4.78, 5) is 13.5. The predicted octanol–water partition coefficient (Wildman–Crippen LogP) is 1.48. The third kappa shape index (κ3) is 5.85. The van der Waals surface area contributed by atoms with Crippen molar-refractivity contribution >= 4 is 5.97 Å². The monoisotopic (exact) mass is 297 g/mol. The number of nitrogens with zero attached hydrogens (tertiary/aromatic N) is 3. The van der Waals surface area contributed by atoms with E-state index in [9.17, 15) is 4.79 Å². The highest BCUT2D eigenvalue weighted by molar-refractivity contribution is 5.69. The first kappa shape index (κ1) is 17.7. The van der Waals surface area contributed by atoms with Crippen molar-refractivity contribution in [1.29, 1.82) is 0 Å². The van der Waals surface area contributed by atoms with Gasteiger partial charge in [0.15, 0.2) is 0 Å². The second-order valence-electron chi connectivity index (χ2n) is 4.89. The van der Waals surface area contributed by atoms with Gasteiger partial charge in [0.2, 0.25) is 0 Å². The Bertz CT molecular complexity index is 432. The first-order valence-corrected chi connectivity index (χ1v) is 7.48. The fourth-order valence-electron chi connectivity index (χ4n) is 2.16. The Morgan fingerprint density at radius 3 is 2.67 bits per heavy atom. The number of aromatic nitrogens is 2. The molecule has 6 nitrogen and oxygen atoms in total. The molecule has 0 aromatic carbocycles. The van der Waals surface area contributed by atoms with Crippen LogP contribution in [0.25, 0.3) is 0 Å². The van der Waals surface area contributed by atoms with Crippen LogP contribution in [0.2, 0.25) is 0 Å². The van der Waals surface area contributed by atoms with Gasteiger partial charge in [-0.1, -0.05) is 6.92 Å². The molecule has 0 saturated heterocycles. The third-order valence-corrected chi connectivity index (χ3v) is 3.43. The average Bonchev–Trinajstić information content (AvgIpc) is 2.91. The molecule has 0 fully saturated rings. The highest BCUT2D eigenvalue weighted by atomic mass is 16.5. The Balaban J connectivity index is 2.69. The van der Waals surface area contributed by atoms with Gasteiger partial charge in [-0.15, -0.1) is 0 Å². The van der Waals surface area contributed by atoms with Crippen LogP contribution in [-0.2, 0) is 33.8 Å². The topological polar surface area (TPSA) is 56.6 Å². The number of hydrogen-bond acceptors (Lipinski definition) is 5. The number of ether oxygens (including phenoxy) is 2. The predicted molar refractivity (Wildman–Crippen MR) is 81.1 cm³/mol. The molecular formula is C15H27N3O3. The van der Waals surface area contributed by atoms with Crippen LogP contribution in [0.5, 0.6) is 0 Å². The van der Waals surface area contributed by atoms with E-state index in [-0.39, 0.29) is 5.97 Å². The zero-order chi connectivity index (χ0) is 15.7. The van der Waals surface area contributed by atoms with Crippen molar-refractivity contribution in [3.8, 4) is 0 Å². The summed E-state index contributed by atoms with van der Waals surface area (Å²) >= 11 is 0. The molecule has 120 valence electrons. The number of carbonyl (C=O) groups is 1. The summed E-state index contributed by atoms with van der Waals surface area (Å²) in [6.45, 7) is 7.89. The number of aryl methyl sites for hydroxylation is 2. The van der Waals surface area contributed by atoms with Gasteiger partial charge in [-0.25, -0.2) is 0 Å². The molecule has 0 N–H and O–H groups in total. The summed E-state index contributed by atoms with van der Waals surface area (Å²) in [5.74, 6) is -0.185. The molecule has 0 saturated carbocycles. The highest BCUT2D eigenvalue weighted by Gasteiger charge is 2.13. The van der Waals surface area contributed by atoms with E-state index in [4.69, 9.17) is 9.47 Å². The van der Waals surface area contributed by atoms with Crippen molar-refractivity contribution in [3.63, 3.8) is 0 Å². The van der Waals surface area contributed by atoms with Crippen molar-refractivity contribution in [2.75, 3.05) is 33.9 Å². The standard InChI is InChI=1S/C15H27N3O3/c1-5-13-11-14(18(6-2)16-13)12-17(9-10-20-3)8-7-15(19)21-4/h11H,5-10,12H2,1-4H3. The van der Waals surface area contributed by atoms with E-state index in [0.29, 0.717) is 19.6 Å². The molecule has 0 radical (unpaired) electrons. The molecule has 0 spiro atoms. The van der Waals surface area contributed by atoms with Crippen molar-refractivity contribution in [2.24, 2.45) is 0 Å². The van der Waals surface area contributed by atoms with Crippen molar-refractivity contribution in [2.45, 2.75) is 39.8 Å². The zero-order valence-electron chi connectivity index (χ0n) is 13.6. The molecule has 1 aromatic rings. The Morgan fingerprint density at radius 1 is 1.33 bits per heavy atom. The molecule has 1 heterocycles. The van der Waals surface area contributed by atoms with Gasteiger partial charge in [-0.3, -0.25) is 14.4 Å². The molecule has 1 aromatic heterocycles. The van der Waals surface area contributed by atoms with Gasteiger partial charge in [-0.05, 0) is 19.4 Å². The van der Waals surface area contributed by atoms with E-state index in [1.807, 2.05) is 4.68 Å². The van der Waals surface area contributed by atoms with Crippen LogP contribution in [0.1, 0.15) is 31.7 Å². The zero-order valence-corrected chi connectivity index (χ0v) is 13.6. The number of rotatable bonds is 10. The Kier molecular flexibility index (Phi) is 8.00. The summed E-state index contributed by atoms with van der Waals surface area (Å²) < 4.78 is 11.9. The maximum absolute atomic E-state index is 11.3. The maximum atomic E-state index is 11.3. The first-order chi connectivity index (χ1) is 10.1. The highest BCUT2D eigenvalue weighted by Crippen LogP contribution is 2.10. The molecule has 1 rings (SSSR count). The van der Waals surface area contributed by atoms with Crippen molar-refractivity contribution < 1.29 is 14.3 Å². The number of hydrogen-bond donors (Lipinski definition) is 0. The number of carbonyl (C=O) groups excluding carboxylic acids is 1. The smallest absolute Gasteiger partial charge is 0.306 e. The Morgan fingerprint density at radius 2 is 2.10 bits per heavy atom. The van der Waals surface area contributed by atoms with Crippen LogP contribution >= 0.6 is 0 Å². The van der Waals surface area contributed by atoms with Crippen molar-refractivity contribution in [3.05, 3.63) is 17.5 Å². The minimum absolute atomic E-state index is 0.185. The SMILES string of the molecule is CCc1cc(CN(CCOC)CCC(=O)OC)n(CC)n1. The maximum Gasteiger partial charge on any atom is 0.306 e. The van der Waals surface area contributed by atoms with Crippen LogP contribution < -0.4 is 0 Å². The third-order valence-electron chi connectivity index (χ3n) is 3.43. The molecule has 0 amide bonds. The van der Waals surface area contributed by atoms with Crippen LogP contribution in [0, 0.1) is 0 Å². The van der Waals surface area contributed by atoms with E-state index in [0.717, 1.165) is 31.7 Å². The Labute approximate surface area is 127 Å². The van der Waals surface area contributed by atoms with E-state index >= 15 is 0 Å². The molecule has 6 heteroatoms. The van der Waals surface area contributed by atoms with Gasteiger partial charge in [-0.2, -0.15) is 5.10 Å². The second-order valence-corrected chi connectivity index (χ2v) is 4.89. The van der Waals surface area contributed by atoms with Crippen LogP contribution in [0.3, 0.4) is 0 Å². The fraction of sp³-hybridized carbons (Fsp3) is 0.733. The summed E-state index contributed by atoms with van der Waals surface area (Å²) in [6.07, 6.45) is 1.32. The molecule has 0 aliphatic rings. The lowest BCUT2D eigenvalue weighted by molar-refractivity contribution is -0.141. The normalized spacial score (nSPS) is 11.1. The van der Waals surface area contributed by atoms with Gasteiger partial charge in [0.25, 0.3) is 0 Å². The lowest BCUT2D eigenvalue weighted by Gasteiger charge is -2.21. The lowest BCUT2D eigenvalue weighted by atomic mass is 10.2. The summed E-state index contributed by atoms with van der Waals surface area (Å²) in [5, 5.41) is 4.56. The molecule has 0 atom stereocenters. The van der Waals surface area contributed by atoms with Gasteiger partial charge < -0.3 is 9.47 Å². The van der Waals surface area contributed by atoms with Gasteiger partial charge >= 0.3 is 5.97 Å². The van der Waals surface area contributed by atoms with Crippen LogP contribution in [0.4, 0.5) is 0 Å². The van der Waals surface area contributed by atoms with E-state index < -0.39 is 0 Å². The number of methoxy groups -OCH3 is 2. The molecule has 0 aliphatic heterocycles. The summed E-state index contributed by atoms with van der Waals surface area (Å²) in [6, 6.07) is 2.14. The van der Waals surface area contributed by atoms with E-state index in [1.54, 1.807) is 7.11 Å². The Hall–Kier alpha value is -1.40. The quantitative estimate of drug-likeness (QED) is 0.612. The molecular weight excluding hydrogens is 270 g/mol. The minimum Gasteiger partial charge on any atom is -0.469 e. The summed E-state index contributed by atoms with van der Waals surface area (Å²) in [5.41, 5.74) is 2.28. The average molecular weight is 297 g/mol. The minimum atomic E-state index is -0.185. The van der Waals surface area contributed by atoms with E-state index in [2.05, 4.69) is 29.9 Å². The molecule has 21 heavy (non-hydrogen) atoms. The van der Waals surface area contributed by atoms with Crippen LogP contribution in [0.15, 0.2) is 6.07 Å². The largest absolute Gasteiger partial charge is 0.469 e. The van der Waals surface area contributed by atoms with Gasteiger partial charge in [0, 0.05) is 33.3 Å². The second kappa shape index (κ2) is 9.52. The fourth-order valence-corrected chi connectivity index (χ4v) is 2.16. The first-order valence-electron chi connectivity index (χ1n) is 7.48. The molecule has 0 unspecified atom stereocenters. The van der Waals surface area contributed by atoms with Gasteiger partial charge in [0.1, 0.15) is 0 Å². The molecule has 0 bridgehead atoms. The summed E-state index contributed by atoms with van der Waals surface area (Å²) in [7, 11) is 3.10. The van der Waals surface area contributed by atoms with Crippen molar-refractivity contribution in [1.82, 2.24) is 14.7 Å². The van der Waals surface area contributed by atoms with Crippen LogP contribution in [-0.4, -0.2) is 54.6 Å². The van der Waals surface area contributed by atoms with Gasteiger partial charge in [0.05, 0.1) is 31.5 Å².